The summed E-state index contributed by atoms with van der Waals surface area (Å²) in [6, 6.07) is 0. The van der Waals surface area contributed by atoms with Crippen LogP contribution in [-0.2, 0) is 0 Å². The molecule has 0 fully saturated rings. The molecule has 5 heteroatoms. The van der Waals surface area contributed by atoms with Gasteiger partial charge >= 0.3 is 0 Å². The molecule has 0 radical (unpaired) electrons. The molecule has 0 aromatic rings. The normalized spacial score (nSPS) is 15.3. The first kappa shape index (κ1) is 19.6. The molecule has 0 unspecified atom stereocenters. The summed E-state index contributed by atoms with van der Waals surface area (Å²) in [4.78, 5) is 0. The quantitative estimate of drug-likeness (QED) is 0.408. The highest BCUT2D eigenvalue weighted by Gasteiger charge is 2.68. The van der Waals surface area contributed by atoms with Crippen LogP contribution in [0.25, 0.3) is 0 Å². The van der Waals surface area contributed by atoms with E-state index in [1.54, 1.807) is 0 Å². The minimum atomic E-state index is -2.20. The first-order chi connectivity index (χ1) is 8.12. The standard InChI is InChI=1S/C14H33ClSi4/c1-12-19(15,13-2)14(16(3,4)5,17(6,7)8)18(9,10)11/h12-13H,1-2H2,3-11H3. The Kier molecular flexibility index (Phi) is 5.63. The molecule has 19 heavy (non-hydrogen) atoms. The van der Waals surface area contributed by atoms with Crippen LogP contribution in [0.1, 0.15) is 0 Å². The molecular weight excluding hydrogens is 316 g/mol. The lowest BCUT2D eigenvalue weighted by molar-refractivity contribution is 1.21. The smallest absolute Gasteiger partial charge is 0.156 e. The SMILES string of the molecule is C=C[Si](Cl)(C=C)C([Si](C)(C)C)([Si](C)(C)C)[Si](C)(C)C. The molecule has 0 heterocycles. The van der Waals surface area contributed by atoms with Gasteiger partial charge in [0.1, 0.15) is 0 Å². The Labute approximate surface area is 130 Å². The van der Waals surface area contributed by atoms with Gasteiger partial charge in [-0.3, -0.25) is 0 Å². The lowest BCUT2D eigenvalue weighted by Gasteiger charge is -2.64. The molecule has 0 saturated carbocycles. The maximum absolute atomic E-state index is 7.29. The Balaban J connectivity index is 6.79. The Bertz CT molecular complexity index is 311. The second kappa shape index (κ2) is 5.44. The van der Waals surface area contributed by atoms with Gasteiger partial charge in [-0.05, 0) is 3.91 Å². The van der Waals surface area contributed by atoms with Gasteiger partial charge in [0.15, 0.2) is 7.38 Å². The van der Waals surface area contributed by atoms with Gasteiger partial charge in [0.2, 0.25) is 0 Å². The number of halogens is 1. The van der Waals surface area contributed by atoms with Crippen molar-refractivity contribution in [3.8, 4) is 0 Å². The van der Waals surface area contributed by atoms with Gasteiger partial charge in [-0.15, -0.1) is 13.2 Å². The Morgan fingerprint density at radius 3 is 0.947 bits per heavy atom. The van der Waals surface area contributed by atoms with Crippen LogP contribution < -0.4 is 0 Å². The van der Waals surface area contributed by atoms with Gasteiger partial charge in [0, 0.05) is 24.2 Å². The molecule has 0 amide bonds. The zero-order valence-corrected chi connectivity index (χ0v) is 19.2. The topological polar surface area (TPSA) is 0 Å². The Morgan fingerprint density at radius 1 is 0.684 bits per heavy atom. The van der Waals surface area contributed by atoms with Crippen molar-refractivity contribution in [2.75, 3.05) is 0 Å². The molecule has 0 rings (SSSR count). The van der Waals surface area contributed by atoms with Gasteiger partial charge < -0.3 is 0 Å². The molecule has 0 spiro atoms. The molecule has 0 bridgehead atoms. The fraction of sp³-hybridized carbons (Fsp3) is 0.714. The molecule has 0 aromatic carbocycles. The van der Waals surface area contributed by atoms with Crippen molar-refractivity contribution in [2.24, 2.45) is 0 Å². The van der Waals surface area contributed by atoms with Gasteiger partial charge in [0.05, 0.1) is 0 Å². The van der Waals surface area contributed by atoms with Crippen molar-refractivity contribution in [3.05, 3.63) is 24.6 Å². The minimum absolute atomic E-state index is 0.352. The van der Waals surface area contributed by atoms with Gasteiger partial charge in [-0.2, -0.15) is 11.1 Å². The van der Waals surface area contributed by atoms with Gasteiger partial charge in [-0.1, -0.05) is 70.3 Å². The van der Waals surface area contributed by atoms with E-state index >= 15 is 0 Å². The first-order valence-electron chi connectivity index (χ1n) is 7.08. The molecule has 0 nitrogen and oxygen atoms in total. The van der Waals surface area contributed by atoms with Crippen LogP contribution in [0.3, 0.4) is 0 Å². The predicted molar refractivity (Wildman–Crippen MR) is 105 cm³/mol. The van der Waals surface area contributed by atoms with E-state index in [1.165, 1.54) is 0 Å². The van der Waals surface area contributed by atoms with Crippen molar-refractivity contribution in [2.45, 2.75) is 62.8 Å². The third-order valence-corrected chi connectivity index (χ3v) is 40.8. The molecule has 0 aromatic heterocycles. The van der Waals surface area contributed by atoms with E-state index in [-0.39, 0.29) is 0 Å². The van der Waals surface area contributed by atoms with E-state index in [0.29, 0.717) is 3.91 Å². The van der Waals surface area contributed by atoms with Crippen LogP contribution >= 0.6 is 11.1 Å². The van der Waals surface area contributed by atoms with E-state index in [2.05, 4.69) is 83.5 Å². The maximum atomic E-state index is 7.29. The Hall–Kier alpha value is 0.638. The second-order valence-corrected chi connectivity index (χ2v) is 32.4. The fourth-order valence-corrected chi connectivity index (χ4v) is 56.6. The largest absolute Gasteiger partial charge is 0.200 e. The van der Waals surface area contributed by atoms with Crippen LogP contribution in [0, 0.1) is 0 Å². The zero-order valence-electron chi connectivity index (χ0n) is 14.4. The highest BCUT2D eigenvalue weighted by Crippen LogP contribution is 2.61. The summed E-state index contributed by atoms with van der Waals surface area (Å²) in [6.07, 6.45) is 0. The summed E-state index contributed by atoms with van der Waals surface area (Å²) in [5.41, 5.74) is 4.21. The predicted octanol–water partition coefficient (Wildman–Crippen LogP) is 5.99. The zero-order chi connectivity index (χ0) is 15.9. The maximum Gasteiger partial charge on any atom is 0.200 e. The lowest BCUT2D eigenvalue weighted by atomic mass is 11.2. The summed E-state index contributed by atoms with van der Waals surface area (Å²) >= 11 is 7.29. The van der Waals surface area contributed by atoms with E-state index in [4.69, 9.17) is 11.1 Å². The minimum Gasteiger partial charge on any atom is -0.156 e. The average molecular weight is 349 g/mol. The molecule has 0 N–H and O–H groups in total. The fourth-order valence-electron chi connectivity index (χ4n) is 5.49. The first-order valence-corrected chi connectivity index (χ1v) is 20.7. The summed E-state index contributed by atoms with van der Waals surface area (Å²) in [5, 5.41) is 0. The van der Waals surface area contributed by atoms with Crippen molar-refractivity contribution >= 4 is 42.7 Å². The van der Waals surface area contributed by atoms with Gasteiger partial charge in [0.25, 0.3) is 0 Å². The lowest BCUT2D eigenvalue weighted by Crippen LogP contribution is -2.75. The highest BCUT2D eigenvalue weighted by atomic mass is 35.6. The average Bonchev–Trinajstić information content (AvgIpc) is 2.10. The number of rotatable bonds is 6. The van der Waals surface area contributed by atoms with Crippen molar-refractivity contribution in [3.63, 3.8) is 0 Å². The van der Waals surface area contributed by atoms with Crippen LogP contribution in [0.15, 0.2) is 24.6 Å². The molecule has 0 atom stereocenters. The van der Waals surface area contributed by atoms with Crippen molar-refractivity contribution in [1.29, 1.82) is 0 Å². The molecule has 0 aliphatic carbocycles. The summed E-state index contributed by atoms with van der Waals surface area (Å²) in [6.45, 7) is 30.9. The second-order valence-electron chi connectivity index (χ2n) is 8.68. The van der Waals surface area contributed by atoms with E-state index in [1.807, 2.05) is 0 Å². The van der Waals surface area contributed by atoms with Crippen LogP contribution in [-0.4, -0.2) is 31.6 Å². The van der Waals surface area contributed by atoms with Crippen molar-refractivity contribution < 1.29 is 0 Å². The summed E-state index contributed by atoms with van der Waals surface area (Å²) in [7, 11) is -6.62. The monoisotopic (exact) mass is 348 g/mol. The summed E-state index contributed by atoms with van der Waals surface area (Å²) in [5.74, 6) is 0. The van der Waals surface area contributed by atoms with E-state index < -0.39 is 31.6 Å². The van der Waals surface area contributed by atoms with Gasteiger partial charge in [-0.25, -0.2) is 0 Å². The molecule has 0 saturated heterocycles. The van der Waals surface area contributed by atoms with E-state index in [9.17, 15) is 0 Å². The third kappa shape index (κ3) is 2.84. The highest BCUT2D eigenvalue weighted by molar-refractivity contribution is 7.45. The van der Waals surface area contributed by atoms with Crippen LogP contribution in [0.4, 0.5) is 0 Å². The van der Waals surface area contributed by atoms with E-state index in [0.717, 1.165) is 0 Å². The summed E-state index contributed by atoms with van der Waals surface area (Å²) < 4.78 is 0.352. The third-order valence-electron chi connectivity index (χ3n) is 4.54. The molecule has 0 aliphatic heterocycles. The van der Waals surface area contributed by atoms with Crippen LogP contribution in [0.2, 0.25) is 62.8 Å². The molecular formula is C14H33ClSi4. The molecule has 0 aliphatic rings. The van der Waals surface area contributed by atoms with Crippen LogP contribution in [0.5, 0.6) is 0 Å². The molecule has 112 valence electrons. The van der Waals surface area contributed by atoms with Crippen molar-refractivity contribution in [1.82, 2.24) is 0 Å². The number of hydrogen-bond donors (Lipinski definition) is 0. The Morgan fingerprint density at radius 2 is 0.895 bits per heavy atom. The number of hydrogen-bond acceptors (Lipinski definition) is 0.